The Morgan fingerprint density at radius 3 is 1.56 bits per heavy atom. The van der Waals surface area contributed by atoms with Gasteiger partial charge in [-0.2, -0.15) is 0 Å². The zero-order valence-electron chi connectivity index (χ0n) is 38.4. The highest BCUT2D eigenvalue weighted by atomic mass is 16.8. The fourth-order valence-corrected chi connectivity index (χ4v) is 14.0. The second-order valence-corrected chi connectivity index (χ2v) is 21.1. The predicted molar refractivity (Wildman–Crippen MR) is 224 cm³/mol. The Balaban J connectivity index is 1.09. The number of carbonyl (C=O) groups excluding carboxylic acids is 1. The van der Waals surface area contributed by atoms with E-state index in [1.165, 1.54) is 0 Å². The van der Waals surface area contributed by atoms with E-state index in [0.717, 1.165) is 6.42 Å². The van der Waals surface area contributed by atoms with Crippen LogP contribution in [0.15, 0.2) is 12.2 Å². The summed E-state index contributed by atoms with van der Waals surface area (Å²) in [6, 6.07) is 0. The molecule has 0 amide bonds. The monoisotopic (exact) mass is 980 g/mol. The Kier molecular flexibility index (Phi) is 15.2. The SMILES string of the molecule is C=C1C[C@@]23CCC4[C@](C)(C(=O)O[C@@H]5OC(CO)[C@@H](O)C(O)C5O)CCC[C@@]4(C)[C@@H]2CC[C@]1(O[C@@H]1OC(CO)[C@@H](O)C(O[C@@H]2OC(CO)[C@@H](O)C(O)C2O)C1O[C@@H]1OC(CO)[C@@H](O)C(O)C1O)[C@@H]3C. The molecule has 0 radical (unpaired) electrons. The van der Waals surface area contributed by atoms with Gasteiger partial charge in [-0.3, -0.25) is 4.79 Å². The molecule has 0 aromatic heterocycles. The molecule has 1 spiro atoms. The molecule has 4 saturated heterocycles. The minimum Gasteiger partial charge on any atom is -0.432 e. The van der Waals surface area contributed by atoms with E-state index in [4.69, 9.17) is 37.9 Å². The number of ether oxygens (including phenoxy) is 8. The Morgan fingerprint density at radius 2 is 1.03 bits per heavy atom. The molecule has 8 aliphatic rings. The van der Waals surface area contributed by atoms with Gasteiger partial charge in [0, 0.05) is 0 Å². The number of hydrogen-bond donors (Lipinski definition) is 14. The molecule has 23 heteroatoms. The first-order valence-corrected chi connectivity index (χ1v) is 23.8. The van der Waals surface area contributed by atoms with Crippen LogP contribution in [0.3, 0.4) is 0 Å². The predicted octanol–water partition coefficient (Wildman–Crippen LogP) is -4.87. The highest BCUT2D eigenvalue weighted by Crippen LogP contribution is 2.75. The van der Waals surface area contributed by atoms with Gasteiger partial charge in [0.05, 0.1) is 37.4 Å². The van der Waals surface area contributed by atoms with E-state index in [0.29, 0.717) is 50.5 Å². The molecule has 13 unspecified atom stereocenters. The van der Waals surface area contributed by atoms with Crippen LogP contribution in [0, 0.1) is 34.0 Å². The molecule has 8 rings (SSSR count). The molecule has 8 fully saturated rings. The summed E-state index contributed by atoms with van der Waals surface area (Å²) in [5.74, 6) is -1.15. The number of aliphatic hydroxyl groups excluding tert-OH is 14. The van der Waals surface area contributed by atoms with E-state index in [-0.39, 0.29) is 17.8 Å². The number of aliphatic hydroxyl groups is 14. The normalized spacial score (nSPS) is 55.0. The molecule has 4 saturated carbocycles. The third kappa shape index (κ3) is 8.31. The number of fused-ring (bicyclic) bond motifs is 3. The quantitative estimate of drug-likeness (QED) is 0.0495. The second-order valence-electron chi connectivity index (χ2n) is 21.1. The zero-order chi connectivity index (χ0) is 49.6. The molecule has 23 nitrogen and oxygen atoms in total. The van der Waals surface area contributed by atoms with Crippen molar-refractivity contribution in [3.63, 3.8) is 0 Å². The molecule has 27 atom stereocenters. The second kappa shape index (κ2) is 19.7. The molecule has 14 N–H and O–H groups in total. The van der Waals surface area contributed by atoms with Crippen LogP contribution in [0.5, 0.6) is 0 Å². The Morgan fingerprint density at radius 1 is 0.574 bits per heavy atom. The van der Waals surface area contributed by atoms with Crippen molar-refractivity contribution < 1.29 is 114 Å². The van der Waals surface area contributed by atoms with Gasteiger partial charge in [0.25, 0.3) is 0 Å². The Hall–Kier alpha value is -1.63. The van der Waals surface area contributed by atoms with Gasteiger partial charge in [-0.15, -0.1) is 0 Å². The lowest BCUT2D eigenvalue weighted by molar-refractivity contribution is -0.402. The van der Waals surface area contributed by atoms with Gasteiger partial charge in [0.15, 0.2) is 18.9 Å². The molecule has 390 valence electrons. The largest absolute Gasteiger partial charge is 0.432 e. The lowest BCUT2D eigenvalue weighted by atomic mass is 9.39. The fraction of sp³-hybridized carbons (Fsp3) is 0.933. The van der Waals surface area contributed by atoms with Gasteiger partial charge in [-0.1, -0.05) is 26.8 Å². The number of esters is 1. The van der Waals surface area contributed by atoms with Gasteiger partial charge in [0.1, 0.15) is 97.7 Å². The molecule has 4 aliphatic carbocycles. The molecule has 4 heterocycles. The van der Waals surface area contributed by atoms with Gasteiger partial charge in [-0.05, 0) is 86.0 Å². The van der Waals surface area contributed by atoms with Crippen molar-refractivity contribution in [3.8, 4) is 0 Å². The third-order valence-corrected chi connectivity index (χ3v) is 17.8. The summed E-state index contributed by atoms with van der Waals surface area (Å²) in [7, 11) is 0. The smallest absolute Gasteiger partial charge is 0.314 e. The number of carbonyl (C=O) groups is 1. The van der Waals surface area contributed by atoms with E-state index < -0.39 is 177 Å². The van der Waals surface area contributed by atoms with Crippen molar-refractivity contribution in [2.75, 3.05) is 26.4 Å². The van der Waals surface area contributed by atoms with Crippen LogP contribution < -0.4 is 0 Å². The summed E-state index contributed by atoms with van der Waals surface area (Å²) in [6.45, 7) is 7.51. The van der Waals surface area contributed by atoms with E-state index in [9.17, 15) is 76.3 Å². The maximum atomic E-state index is 14.3. The van der Waals surface area contributed by atoms with Crippen molar-refractivity contribution in [2.24, 2.45) is 34.0 Å². The summed E-state index contributed by atoms with van der Waals surface area (Å²) in [5.41, 5.74) is -2.44. The number of hydrogen-bond acceptors (Lipinski definition) is 23. The molecule has 0 aromatic rings. The lowest BCUT2D eigenvalue weighted by Crippen LogP contribution is -2.68. The van der Waals surface area contributed by atoms with Crippen molar-refractivity contribution in [3.05, 3.63) is 12.2 Å². The highest BCUT2D eigenvalue weighted by molar-refractivity contribution is 5.77. The van der Waals surface area contributed by atoms with Crippen LogP contribution in [0.1, 0.15) is 72.1 Å². The summed E-state index contributed by atoms with van der Waals surface area (Å²) < 4.78 is 48.5. The lowest BCUT2D eigenvalue weighted by Gasteiger charge is -2.66. The van der Waals surface area contributed by atoms with Crippen LogP contribution in [-0.4, -0.2) is 232 Å². The average Bonchev–Trinajstić information content (AvgIpc) is 3.41. The van der Waals surface area contributed by atoms with Crippen LogP contribution in [0.2, 0.25) is 0 Å². The molecular weight excluding hydrogens is 908 g/mol. The van der Waals surface area contributed by atoms with Gasteiger partial charge < -0.3 is 109 Å². The Bertz CT molecular complexity index is 1790. The van der Waals surface area contributed by atoms with E-state index >= 15 is 0 Å². The summed E-state index contributed by atoms with van der Waals surface area (Å²) in [5, 5.41) is 148. The first-order chi connectivity index (χ1) is 32.1. The zero-order valence-corrected chi connectivity index (χ0v) is 38.4. The van der Waals surface area contributed by atoms with E-state index in [2.05, 4.69) is 13.5 Å². The van der Waals surface area contributed by atoms with Crippen molar-refractivity contribution in [1.82, 2.24) is 0 Å². The van der Waals surface area contributed by atoms with E-state index in [1.807, 2.05) is 13.8 Å². The molecule has 4 aliphatic heterocycles. The average molecular weight is 981 g/mol. The summed E-state index contributed by atoms with van der Waals surface area (Å²) in [6.07, 6.45) is -29.7. The summed E-state index contributed by atoms with van der Waals surface area (Å²) >= 11 is 0. The molecular formula is C45H72O23. The topological polar surface area (TPSA) is 374 Å². The minimum atomic E-state index is -1.96. The van der Waals surface area contributed by atoms with Crippen molar-refractivity contribution >= 4 is 5.97 Å². The number of rotatable bonds is 12. The first-order valence-electron chi connectivity index (χ1n) is 23.8. The maximum absolute atomic E-state index is 14.3. The standard InChI is InChI=1S/C45H72O23/c1-17-12-44-10-6-23-42(3,8-5-9-43(23,4)41(60)67-39-34(59)31(56)27(52)21(15-48)63-39)24(44)7-11-45(17,18(44)2)68-40-36(66-38-33(58)30(55)26(51)20(14-47)62-38)35(28(53)22(16-49)64-40)65-37-32(57)29(54)25(50)19(13-46)61-37/h18-40,46-59H,1,5-16H2,2-4H3/t18-,19?,20?,21?,22?,23?,24+,25-,26-,27-,28-,29?,30?,31?,32?,33?,34?,35?,36?,37+,38+,39+,40+,42-,43-,44-,45-/m1/s1. The summed E-state index contributed by atoms with van der Waals surface area (Å²) in [4.78, 5) is 14.3. The molecule has 0 aromatic carbocycles. The minimum absolute atomic E-state index is 0.00197. The van der Waals surface area contributed by atoms with Gasteiger partial charge >= 0.3 is 5.97 Å². The van der Waals surface area contributed by atoms with Crippen molar-refractivity contribution in [2.45, 2.75) is 201 Å². The first kappa shape index (κ1) is 52.7. The van der Waals surface area contributed by atoms with E-state index in [1.54, 1.807) is 0 Å². The fourth-order valence-electron chi connectivity index (χ4n) is 14.0. The van der Waals surface area contributed by atoms with Crippen molar-refractivity contribution in [1.29, 1.82) is 0 Å². The van der Waals surface area contributed by atoms with Crippen LogP contribution >= 0.6 is 0 Å². The van der Waals surface area contributed by atoms with Crippen LogP contribution in [-0.2, 0) is 42.7 Å². The van der Waals surface area contributed by atoms with Crippen LogP contribution in [0.25, 0.3) is 0 Å². The van der Waals surface area contributed by atoms with Gasteiger partial charge in [0.2, 0.25) is 6.29 Å². The van der Waals surface area contributed by atoms with Crippen LogP contribution in [0.4, 0.5) is 0 Å². The highest BCUT2D eigenvalue weighted by Gasteiger charge is 2.72. The Labute approximate surface area is 392 Å². The third-order valence-electron chi connectivity index (χ3n) is 17.8. The molecule has 2 bridgehead atoms. The molecule has 68 heavy (non-hydrogen) atoms. The maximum Gasteiger partial charge on any atom is 0.314 e. The van der Waals surface area contributed by atoms with Gasteiger partial charge in [-0.25, -0.2) is 0 Å².